The third kappa shape index (κ3) is 6.09. The van der Waals surface area contributed by atoms with Crippen LogP contribution in [0.4, 0.5) is 17.1 Å². The zero-order valence-electron chi connectivity index (χ0n) is 25.1. The highest BCUT2D eigenvalue weighted by Gasteiger charge is 2.26. The van der Waals surface area contributed by atoms with Crippen molar-refractivity contribution in [2.45, 2.75) is 41.5 Å². The summed E-state index contributed by atoms with van der Waals surface area (Å²) < 4.78 is 0. The largest absolute Gasteiger partial charge is 0.385 e. The van der Waals surface area contributed by atoms with Gasteiger partial charge in [-0.05, 0) is 83.0 Å². The molecule has 0 radical (unpaired) electrons. The molecule has 210 valence electrons. The van der Waals surface area contributed by atoms with Gasteiger partial charge in [-0.2, -0.15) is 0 Å². The van der Waals surface area contributed by atoms with Crippen LogP contribution in [0.5, 0.6) is 0 Å². The van der Waals surface area contributed by atoms with Crippen LogP contribution in [-0.2, 0) is 0 Å². The van der Waals surface area contributed by atoms with Gasteiger partial charge in [0.1, 0.15) is 0 Å². The summed E-state index contributed by atoms with van der Waals surface area (Å²) in [5.41, 5.74) is 12.8. The molecular weight excluding hydrogens is 490 g/mol. The molecule has 0 aromatic heterocycles. The van der Waals surface area contributed by atoms with Crippen molar-refractivity contribution in [3.05, 3.63) is 101 Å². The molecule has 5 heteroatoms. The number of hydrogen-bond donors (Lipinski definition) is 3. The molecule has 0 aliphatic heterocycles. The van der Waals surface area contributed by atoms with Gasteiger partial charge >= 0.3 is 0 Å². The summed E-state index contributed by atoms with van der Waals surface area (Å²) in [6.45, 7) is 18.2. The van der Waals surface area contributed by atoms with Crippen LogP contribution in [0.3, 0.4) is 0 Å². The Morgan fingerprint density at radius 2 is 1.40 bits per heavy atom. The molecule has 3 N–H and O–H groups in total. The number of benzene rings is 3. The second-order valence-electron chi connectivity index (χ2n) is 9.78. The van der Waals surface area contributed by atoms with E-state index in [1.165, 1.54) is 39.1 Å². The Labute approximate surface area is 241 Å². The topological polar surface area (TPSA) is 51.7 Å². The molecule has 1 aliphatic carbocycles. The molecule has 0 saturated carbocycles. The van der Waals surface area contributed by atoms with Crippen molar-refractivity contribution in [1.82, 2.24) is 5.32 Å². The minimum atomic E-state index is 0.745. The van der Waals surface area contributed by atoms with Crippen LogP contribution in [0.1, 0.15) is 63.8 Å². The minimum absolute atomic E-state index is 0.745. The number of allylic oxidation sites excluding steroid dienone is 2. The summed E-state index contributed by atoms with van der Waals surface area (Å²) in [5, 5.41) is 10.9. The molecule has 1 aliphatic rings. The fourth-order valence-corrected chi connectivity index (χ4v) is 5.53. The van der Waals surface area contributed by atoms with E-state index >= 15 is 0 Å². The average Bonchev–Trinajstić information content (AvgIpc) is 2.97. The maximum absolute atomic E-state index is 4.88. The van der Waals surface area contributed by atoms with Gasteiger partial charge in [0.2, 0.25) is 0 Å². The van der Waals surface area contributed by atoms with Gasteiger partial charge in [-0.1, -0.05) is 42.5 Å². The zero-order chi connectivity index (χ0) is 28.5. The number of nitrogens with one attached hydrogen (secondary N) is 3. The van der Waals surface area contributed by atoms with Crippen LogP contribution >= 0.6 is 0 Å². The van der Waals surface area contributed by atoms with Crippen LogP contribution in [0.2, 0.25) is 0 Å². The molecule has 0 heterocycles. The smallest absolute Gasteiger partial charge is 0.0673 e. The molecule has 0 bridgehead atoms. The Kier molecular flexibility index (Phi) is 10.1. The van der Waals surface area contributed by atoms with Gasteiger partial charge in [0, 0.05) is 84.3 Å². The molecule has 4 rings (SSSR count). The lowest BCUT2D eigenvalue weighted by Crippen LogP contribution is -2.22. The lowest BCUT2D eigenvalue weighted by Gasteiger charge is -2.28. The molecule has 0 fully saturated rings. The Morgan fingerprint density at radius 1 is 0.725 bits per heavy atom. The first-order valence-corrected chi connectivity index (χ1v) is 14.9. The highest BCUT2D eigenvalue weighted by molar-refractivity contribution is 6.21. The Balaban J connectivity index is 2.08. The van der Waals surface area contributed by atoms with E-state index in [9.17, 15) is 0 Å². The van der Waals surface area contributed by atoms with E-state index in [-0.39, 0.29) is 0 Å². The molecule has 3 aromatic rings. The van der Waals surface area contributed by atoms with Crippen molar-refractivity contribution in [3.8, 4) is 0 Å². The predicted octanol–water partition coefficient (Wildman–Crippen LogP) is 7.67. The Hall–Kier alpha value is -3.99. The first-order chi connectivity index (χ1) is 19.6. The fraction of sp³-hybridized carbons (Fsp3) is 0.343. The predicted molar refractivity (Wildman–Crippen MR) is 176 cm³/mol. The molecule has 40 heavy (non-hydrogen) atoms. The monoisotopic (exact) mass is 535 g/mol. The molecule has 0 unspecified atom stereocenters. The van der Waals surface area contributed by atoms with Crippen molar-refractivity contribution in [2.75, 3.05) is 54.8 Å². The molecule has 5 nitrogen and oxygen atoms in total. The molecular formula is C35H45N5. The van der Waals surface area contributed by atoms with Gasteiger partial charge in [0.25, 0.3) is 0 Å². The van der Waals surface area contributed by atoms with Crippen molar-refractivity contribution < 1.29 is 0 Å². The van der Waals surface area contributed by atoms with E-state index < -0.39 is 0 Å². The summed E-state index contributed by atoms with van der Waals surface area (Å²) in [6, 6.07) is 24.5. The third-order valence-electron chi connectivity index (χ3n) is 7.29. The quantitative estimate of drug-likeness (QED) is 0.223. The van der Waals surface area contributed by atoms with E-state index in [1.807, 2.05) is 0 Å². The van der Waals surface area contributed by atoms with E-state index in [4.69, 9.17) is 4.99 Å². The van der Waals surface area contributed by atoms with E-state index in [0.717, 1.165) is 62.1 Å². The fourth-order valence-electron chi connectivity index (χ4n) is 5.53. The summed E-state index contributed by atoms with van der Waals surface area (Å²) in [6.07, 6.45) is 2.23. The van der Waals surface area contributed by atoms with Crippen molar-refractivity contribution in [1.29, 1.82) is 0 Å². The third-order valence-corrected chi connectivity index (χ3v) is 7.29. The number of hydrogen-bond acceptors (Lipinski definition) is 5. The van der Waals surface area contributed by atoms with Gasteiger partial charge in [-0.15, -0.1) is 0 Å². The van der Waals surface area contributed by atoms with Crippen LogP contribution < -0.4 is 20.9 Å². The van der Waals surface area contributed by atoms with Crippen molar-refractivity contribution in [2.24, 2.45) is 4.99 Å². The number of fused-ring (bicyclic) bond motifs is 1. The van der Waals surface area contributed by atoms with Gasteiger partial charge in [-0.3, -0.25) is 4.99 Å². The average molecular weight is 536 g/mol. The second-order valence-corrected chi connectivity index (χ2v) is 9.78. The van der Waals surface area contributed by atoms with E-state index in [1.54, 1.807) is 0 Å². The van der Waals surface area contributed by atoms with Crippen LogP contribution in [0, 0.1) is 0 Å². The summed E-state index contributed by atoms with van der Waals surface area (Å²) in [4.78, 5) is 7.27. The number of nitrogens with zero attached hydrogens (tertiary/aromatic N) is 2. The van der Waals surface area contributed by atoms with Crippen molar-refractivity contribution >= 4 is 33.9 Å². The standard InChI is InChI=1S/C35H45N5/c1-7-36-26-19-22-30(31(23-26)37-8-2)34(25-17-20-27(21-18-25)40(11-5)12-6)35-29-16-14-13-15-28(29)32(38-9-3)24-33(35)39-10-4/h13-24,36-37,39H,7-12H2,1-6H3. The molecule has 0 spiro atoms. The van der Waals surface area contributed by atoms with Crippen LogP contribution in [0.15, 0.2) is 83.5 Å². The summed E-state index contributed by atoms with van der Waals surface area (Å²) >= 11 is 0. The van der Waals surface area contributed by atoms with Gasteiger partial charge in [-0.25, -0.2) is 0 Å². The number of likely N-dealkylation sites (N-methyl/N-ethyl adjacent to an activating group) is 1. The summed E-state index contributed by atoms with van der Waals surface area (Å²) in [7, 11) is 0. The highest BCUT2D eigenvalue weighted by Crippen LogP contribution is 2.43. The zero-order valence-corrected chi connectivity index (χ0v) is 25.1. The second kappa shape index (κ2) is 13.9. The maximum atomic E-state index is 4.88. The summed E-state index contributed by atoms with van der Waals surface area (Å²) in [5.74, 6) is 0. The normalized spacial score (nSPS) is 14.8. The lowest BCUT2D eigenvalue weighted by atomic mass is 9.81. The van der Waals surface area contributed by atoms with E-state index in [2.05, 4.69) is 135 Å². The molecule has 3 aromatic carbocycles. The van der Waals surface area contributed by atoms with E-state index in [0.29, 0.717) is 0 Å². The van der Waals surface area contributed by atoms with Gasteiger partial charge < -0.3 is 20.9 Å². The Morgan fingerprint density at radius 3 is 2.02 bits per heavy atom. The van der Waals surface area contributed by atoms with Gasteiger partial charge in [0.15, 0.2) is 0 Å². The number of aliphatic imine (C=N–C) groups is 1. The highest BCUT2D eigenvalue weighted by atomic mass is 15.1. The SMILES string of the molecule is CCN=C1C=C(NCC)C(=C(c2ccc(N(CC)CC)cc2)c2ccc(NCC)cc2NCC)c2ccccc21. The lowest BCUT2D eigenvalue weighted by molar-refractivity contribution is 0.866. The first-order valence-electron chi connectivity index (χ1n) is 14.9. The van der Waals surface area contributed by atoms with Gasteiger partial charge in [0.05, 0.1) is 5.71 Å². The minimum Gasteiger partial charge on any atom is -0.385 e. The van der Waals surface area contributed by atoms with Crippen LogP contribution in [-0.4, -0.2) is 45.0 Å². The van der Waals surface area contributed by atoms with Crippen molar-refractivity contribution in [3.63, 3.8) is 0 Å². The molecule has 0 amide bonds. The maximum Gasteiger partial charge on any atom is 0.0673 e. The van der Waals surface area contributed by atoms with Crippen LogP contribution in [0.25, 0.3) is 11.1 Å². The first kappa shape index (κ1) is 29.0. The molecule has 0 atom stereocenters. The number of rotatable bonds is 12. The molecule has 0 saturated heterocycles. The number of anilines is 3. The Bertz CT molecular complexity index is 1380.